The summed E-state index contributed by atoms with van der Waals surface area (Å²) in [5, 5.41) is 3.23. The van der Waals surface area contributed by atoms with Gasteiger partial charge in [-0.15, -0.1) is 0 Å². The first-order chi connectivity index (χ1) is 11.7. The lowest BCUT2D eigenvalue weighted by Gasteiger charge is -2.28. The molecule has 1 unspecified atom stereocenters. The van der Waals surface area contributed by atoms with Gasteiger partial charge in [0.1, 0.15) is 5.82 Å². The highest BCUT2D eigenvalue weighted by Gasteiger charge is 2.37. The van der Waals surface area contributed by atoms with E-state index in [4.69, 9.17) is 9.05 Å². The van der Waals surface area contributed by atoms with Crippen LogP contribution >= 0.6 is 7.60 Å². The number of nitrogens with zero attached hydrogens (tertiary/aromatic N) is 1. The number of benzene rings is 1. The first kappa shape index (κ1) is 18.7. The van der Waals surface area contributed by atoms with Gasteiger partial charge >= 0.3 is 7.60 Å². The number of hydrogen-bond acceptors (Lipinski definition) is 5. The number of pyridine rings is 1. The van der Waals surface area contributed by atoms with E-state index in [0.29, 0.717) is 19.0 Å². The van der Waals surface area contributed by atoms with Crippen LogP contribution in [0.3, 0.4) is 0 Å². The first-order valence-electron chi connectivity index (χ1n) is 8.31. The van der Waals surface area contributed by atoms with Gasteiger partial charge in [0, 0.05) is 6.20 Å². The molecule has 1 atom stereocenters. The van der Waals surface area contributed by atoms with E-state index in [1.807, 2.05) is 62.4 Å². The molecule has 0 amide bonds. The molecule has 0 aliphatic carbocycles. The van der Waals surface area contributed by atoms with Crippen molar-refractivity contribution in [3.05, 3.63) is 60.3 Å². The van der Waals surface area contributed by atoms with Gasteiger partial charge in [0.25, 0.3) is 0 Å². The number of nitrogens with one attached hydrogen (secondary N) is 1. The number of aromatic nitrogens is 1. The zero-order valence-corrected chi connectivity index (χ0v) is 15.1. The third kappa shape index (κ3) is 5.17. The molecule has 0 fully saturated rings. The van der Waals surface area contributed by atoms with Crippen LogP contribution in [-0.2, 0) is 13.6 Å². The minimum absolute atomic E-state index is 0.383. The Balaban J connectivity index is 2.35. The number of hydrogen-bond donors (Lipinski definition) is 1. The minimum Gasteiger partial charge on any atom is -0.353 e. The maximum atomic E-state index is 13.5. The molecule has 2 aromatic rings. The second kappa shape index (κ2) is 9.58. The number of rotatable bonds is 10. The fourth-order valence-electron chi connectivity index (χ4n) is 2.19. The monoisotopic (exact) mass is 348 g/mol. The highest BCUT2D eigenvalue weighted by atomic mass is 31.2. The van der Waals surface area contributed by atoms with Gasteiger partial charge in [0.2, 0.25) is 0 Å². The van der Waals surface area contributed by atoms with Crippen molar-refractivity contribution in [3.63, 3.8) is 0 Å². The normalized spacial score (nSPS) is 12.8. The van der Waals surface area contributed by atoms with E-state index in [1.54, 1.807) is 6.20 Å². The van der Waals surface area contributed by atoms with E-state index >= 15 is 0 Å². The Morgan fingerprint density at radius 2 is 1.62 bits per heavy atom. The van der Waals surface area contributed by atoms with Crippen molar-refractivity contribution in [1.29, 1.82) is 0 Å². The third-order valence-corrected chi connectivity index (χ3v) is 5.48. The quantitative estimate of drug-likeness (QED) is 0.595. The van der Waals surface area contributed by atoms with Gasteiger partial charge in [0.15, 0.2) is 5.78 Å². The molecule has 1 aromatic carbocycles. The lowest BCUT2D eigenvalue weighted by atomic mass is 10.2. The summed E-state index contributed by atoms with van der Waals surface area (Å²) in [6.45, 7) is 4.73. The van der Waals surface area contributed by atoms with Crippen LogP contribution in [0.5, 0.6) is 0 Å². The van der Waals surface area contributed by atoms with Crippen molar-refractivity contribution in [1.82, 2.24) is 4.98 Å². The van der Waals surface area contributed by atoms with Gasteiger partial charge < -0.3 is 14.4 Å². The topological polar surface area (TPSA) is 60.5 Å². The van der Waals surface area contributed by atoms with Crippen molar-refractivity contribution in [2.45, 2.75) is 32.5 Å². The summed E-state index contributed by atoms with van der Waals surface area (Å²) in [6, 6.07) is 15.1. The highest BCUT2D eigenvalue weighted by molar-refractivity contribution is 7.54. The van der Waals surface area contributed by atoms with Crippen molar-refractivity contribution in [2.24, 2.45) is 0 Å². The standard InChI is InChI=1S/C18H25N2O3P/c1-3-14-22-24(21,23-15-4-2)18(16-10-6-5-7-11-16)20-17-12-8-9-13-19-17/h5-13,18H,3-4,14-15H2,1-2H3,(H,19,20). The summed E-state index contributed by atoms with van der Waals surface area (Å²) in [4.78, 5) is 4.27. The van der Waals surface area contributed by atoms with Gasteiger partial charge in [-0.2, -0.15) is 0 Å². The average Bonchev–Trinajstić information content (AvgIpc) is 2.64. The SMILES string of the molecule is CCCOP(=O)(OCCC)C(Nc1ccccn1)c1ccccc1. The van der Waals surface area contributed by atoms with E-state index < -0.39 is 13.4 Å². The van der Waals surface area contributed by atoms with Gasteiger partial charge in [-0.05, 0) is 30.5 Å². The molecule has 0 radical (unpaired) electrons. The summed E-state index contributed by atoms with van der Waals surface area (Å²) in [6.07, 6.45) is 3.23. The van der Waals surface area contributed by atoms with E-state index in [9.17, 15) is 4.57 Å². The fraction of sp³-hybridized carbons (Fsp3) is 0.389. The Labute approximate surface area is 144 Å². The van der Waals surface area contributed by atoms with Crippen LogP contribution in [0.2, 0.25) is 0 Å². The van der Waals surface area contributed by atoms with Gasteiger partial charge in [-0.25, -0.2) is 4.98 Å². The molecule has 0 saturated carbocycles. The van der Waals surface area contributed by atoms with Crippen LogP contribution in [0.1, 0.15) is 38.0 Å². The maximum Gasteiger partial charge on any atom is 0.357 e. The molecule has 1 N–H and O–H groups in total. The molecule has 0 bridgehead atoms. The van der Waals surface area contributed by atoms with E-state index in [-0.39, 0.29) is 0 Å². The molecule has 1 aromatic heterocycles. The molecule has 0 aliphatic heterocycles. The van der Waals surface area contributed by atoms with E-state index in [0.717, 1.165) is 18.4 Å². The zero-order chi connectivity index (χ0) is 17.3. The van der Waals surface area contributed by atoms with E-state index in [2.05, 4.69) is 10.3 Å². The van der Waals surface area contributed by atoms with Crippen LogP contribution in [-0.4, -0.2) is 18.2 Å². The van der Waals surface area contributed by atoms with Crippen LogP contribution < -0.4 is 5.32 Å². The van der Waals surface area contributed by atoms with Gasteiger partial charge in [-0.1, -0.05) is 50.2 Å². The summed E-state index contributed by atoms with van der Waals surface area (Å²) >= 11 is 0. The Morgan fingerprint density at radius 3 is 2.17 bits per heavy atom. The Kier molecular flexibility index (Phi) is 7.44. The average molecular weight is 348 g/mol. The molecule has 24 heavy (non-hydrogen) atoms. The third-order valence-electron chi connectivity index (χ3n) is 3.33. The smallest absolute Gasteiger partial charge is 0.353 e. The zero-order valence-electron chi connectivity index (χ0n) is 14.2. The summed E-state index contributed by atoms with van der Waals surface area (Å²) in [7, 11) is -3.40. The molecular formula is C18H25N2O3P. The van der Waals surface area contributed by atoms with E-state index in [1.165, 1.54) is 0 Å². The molecule has 5 nitrogen and oxygen atoms in total. The van der Waals surface area contributed by atoms with Crippen LogP contribution in [0, 0.1) is 0 Å². The molecule has 2 rings (SSSR count). The van der Waals surface area contributed by atoms with Crippen LogP contribution in [0.25, 0.3) is 0 Å². The molecule has 6 heteroatoms. The van der Waals surface area contributed by atoms with Crippen molar-refractivity contribution in [3.8, 4) is 0 Å². The first-order valence-corrected chi connectivity index (χ1v) is 9.92. The van der Waals surface area contributed by atoms with Gasteiger partial charge in [-0.3, -0.25) is 4.57 Å². The summed E-state index contributed by atoms with van der Waals surface area (Å²) in [5.74, 6) is 0.0264. The molecule has 0 aliphatic rings. The summed E-state index contributed by atoms with van der Waals surface area (Å²) < 4.78 is 24.9. The molecule has 130 valence electrons. The lowest BCUT2D eigenvalue weighted by Crippen LogP contribution is -2.16. The molecule has 0 spiro atoms. The lowest BCUT2D eigenvalue weighted by molar-refractivity contribution is 0.199. The Hall–Kier alpha value is -1.68. The van der Waals surface area contributed by atoms with Crippen molar-refractivity contribution >= 4 is 13.4 Å². The highest BCUT2D eigenvalue weighted by Crippen LogP contribution is 2.60. The predicted molar refractivity (Wildman–Crippen MR) is 97.1 cm³/mol. The summed E-state index contributed by atoms with van der Waals surface area (Å²) in [5.41, 5.74) is 0.846. The molecule has 0 saturated heterocycles. The van der Waals surface area contributed by atoms with Crippen LogP contribution in [0.15, 0.2) is 54.7 Å². The van der Waals surface area contributed by atoms with Crippen LogP contribution in [0.4, 0.5) is 5.82 Å². The largest absolute Gasteiger partial charge is 0.357 e. The molecule has 1 heterocycles. The molecular weight excluding hydrogens is 323 g/mol. The van der Waals surface area contributed by atoms with Crippen molar-refractivity contribution in [2.75, 3.05) is 18.5 Å². The second-order valence-corrected chi connectivity index (χ2v) is 7.49. The van der Waals surface area contributed by atoms with Crippen molar-refractivity contribution < 1.29 is 13.6 Å². The Morgan fingerprint density at radius 1 is 1.00 bits per heavy atom. The number of anilines is 1. The fourth-order valence-corrected chi connectivity index (χ4v) is 4.27. The minimum atomic E-state index is -3.40. The Bertz CT molecular complexity index is 625. The second-order valence-electron chi connectivity index (χ2n) is 5.38. The predicted octanol–water partition coefficient (Wildman–Crippen LogP) is 5.24. The maximum absolute atomic E-state index is 13.5. The van der Waals surface area contributed by atoms with Gasteiger partial charge in [0.05, 0.1) is 13.2 Å².